The van der Waals surface area contributed by atoms with Gasteiger partial charge in [-0.25, -0.2) is 4.98 Å². The average Bonchev–Trinajstić information content (AvgIpc) is 2.40. The zero-order chi connectivity index (χ0) is 12.8. The van der Waals surface area contributed by atoms with Crippen molar-refractivity contribution in [2.45, 2.75) is 32.2 Å². The Labute approximate surface area is 109 Å². The van der Waals surface area contributed by atoms with Crippen molar-refractivity contribution in [3.8, 4) is 5.88 Å². The number of hydrogen-bond donors (Lipinski definition) is 1. The van der Waals surface area contributed by atoms with Crippen molar-refractivity contribution in [2.24, 2.45) is 0 Å². The Hall–Kier alpha value is -1.29. The highest BCUT2D eigenvalue weighted by Gasteiger charge is 2.18. The smallest absolute Gasteiger partial charge is 0.237 e. The van der Waals surface area contributed by atoms with Gasteiger partial charge in [-0.3, -0.25) is 0 Å². The molecule has 1 saturated heterocycles. The van der Waals surface area contributed by atoms with Gasteiger partial charge in [-0.1, -0.05) is 6.42 Å². The molecule has 1 N–H and O–H groups in total. The summed E-state index contributed by atoms with van der Waals surface area (Å²) in [7, 11) is 2.21. The van der Waals surface area contributed by atoms with Gasteiger partial charge in [0.2, 0.25) is 5.88 Å². The minimum atomic E-state index is 0.619. The standard InChI is InChI=1S/C14H23N3O/c1-3-18-14-13(8-6-9-15-14)16-11-12-7-4-5-10-17(12)2/h6,8-9,12,16H,3-5,7,10-11H2,1-2H3. The maximum absolute atomic E-state index is 5.52. The highest BCUT2D eigenvalue weighted by Crippen LogP contribution is 2.22. The first kappa shape index (κ1) is 13.1. The fraction of sp³-hybridized carbons (Fsp3) is 0.643. The summed E-state index contributed by atoms with van der Waals surface area (Å²) in [5, 5.41) is 3.47. The second-order valence-electron chi connectivity index (χ2n) is 4.80. The number of pyridine rings is 1. The Bertz CT molecular complexity index is 370. The van der Waals surface area contributed by atoms with Crippen LogP contribution in [0.25, 0.3) is 0 Å². The van der Waals surface area contributed by atoms with Crippen molar-refractivity contribution in [1.82, 2.24) is 9.88 Å². The topological polar surface area (TPSA) is 37.4 Å². The van der Waals surface area contributed by atoms with Crippen LogP contribution >= 0.6 is 0 Å². The first-order valence-electron chi connectivity index (χ1n) is 6.83. The molecule has 1 fully saturated rings. The molecule has 1 aliphatic rings. The lowest BCUT2D eigenvalue weighted by atomic mass is 10.0. The second kappa shape index (κ2) is 6.59. The summed E-state index contributed by atoms with van der Waals surface area (Å²) in [5.74, 6) is 0.707. The molecular weight excluding hydrogens is 226 g/mol. The molecule has 2 rings (SSSR count). The molecule has 0 aromatic carbocycles. The number of piperidine rings is 1. The minimum absolute atomic E-state index is 0.619. The highest BCUT2D eigenvalue weighted by molar-refractivity contribution is 5.52. The van der Waals surface area contributed by atoms with E-state index in [0.717, 1.165) is 12.2 Å². The van der Waals surface area contributed by atoms with E-state index in [2.05, 4.69) is 22.2 Å². The van der Waals surface area contributed by atoms with Crippen LogP contribution in [0.2, 0.25) is 0 Å². The fourth-order valence-electron chi connectivity index (χ4n) is 2.41. The van der Waals surface area contributed by atoms with Gasteiger partial charge >= 0.3 is 0 Å². The van der Waals surface area contributed by atoms with Gasteiger partial charge in [0.15, 0.2) is 0 Å². The van der Waals surface area contributed by atoms with Gasteiger partial charge in [0, 0.05) is 18.8 Å². The molecule has 2 heterocycles. The number of aromatic nitrogens is 1. The van der Waals surface area contributed by atoms with Crippen molar-refractivity contribution >= 4 is 5.69 Å². The summed E-state index contributed by atoms with van der Waals surface area (Å²) in [5.41, 5.74) is 0.998. The van der Waals surface area contributed by atoms with Crippen LogP contribution in [0.3, 0.4) is 0 Å². The summed E-state index contributed by atoms with van der Waals surface area (Å²) in [6.45, 7) is 4.79. The molecule has 1 atom stereocenters. The van der Waals surface area contributed by atoms with Crippen LogP contribution < -0.4 is 10.1 Å². The molecule has 18 heavy (non-hydrogen) atoms. The lowest BCUT2D eigenvalue weighted by Gasteiger charge is -2.32. The number of likely N-dealkylation sites (tertiary alicyclic amines) is 1. The molecule has 4 nitrogen and oxygen atoms in total. The van der Waals surface area contributed by atoms with Crippen molar-refractivity contribution < 1.29 is 4.74 Å². The monoisotopic (exact) mass is 249 g/mol. The lowest BCUT2D eigenvalue weighted by Crippen LogP contribution is -2.40. The third-order valence-electron chi connectivity index (χ3n) is 3.50. The van der Waals surface area contributed by atoms with E-state index >= 15 is 0 Å². The second-order valence-corrected chi connectivity index (χ2v) is 4.80. The quantitative estimate of drug-likeness (QED) is 0.869. The summed E-state index contributed by atoms with van der Waals surface area (Å²) in [6, 6.07) is 4.59. The maximum Gasteiger partial charge on any atom is 0.237 e. The van der Waals surface area contributed by atoms with Crippen LogP contribution in [0.4, 0.5) is 5.69 Å². The molecule has 1 aromatic rings. The number of hydrogen-bond acceptors (Lipinski definition) is 4. The number of ether oxygens (including phenoxy) is 1. The zero-order valence-electron chi connectivity index (χ0n) is 11.4. The Morgan fingerprint density at radius 3 is 3.17 bits per heavy atom. The maximum atomic E-state index is 5.52. The molecule has 0 radical (unpaired) electrons. The zero-order valence-corrected chi connectivity index (χ0v) is 11.4. The number of nitrogens with zero attached hydrogens (tertiary/aromatic N) is 2. The first-order chi connectivity index (χ1) is 8.81. The SMILES string of the molecule is CCOc1ncccc1NCC1CCCCN1C. The van der Waals surface area contributed by atoms with Crippen LogP contribution in [0.15, 0.2) is 18.3 Å². The van der Waals surface area contributed by atoms with Crippen molar-refractivity contribution in [3.05, 3.63) is 18.3 Å². The molecule has 0 bridgehead atoms. The highest BCUT2D eigenvalue weighted by atomic mass is 16.5. The molecular formula is C14H23N3O. The Kier molecular flexibility index (Phi) is 4.81. The molecule has 0 saturated carbocycles. The molecule has 1 aromatic heterocycles. The van der Waals surface area contributed by atoms with E-state index in [1.54, 1.807) is 6.20 Å². The first-order valence-corrected chi connectivity index (χ1v) is 6.83. The van der Waals surface area contributed by atoms with Gasteiger partial charge in [-0.05, 0) is 45.5 Å². The van der Waals surface area contributed by atoms with Gasteiger partial charge in [0.25, 0.3) is 0 Å². The van der Waals surface area contributed by atoms with E-state index in [9.17, 15) is 0 Å². The molecule has 100 valence electrons. The molecule has 0 amide bonds. The number of rotatable bonds is 5. The van der Waals surface area contributed by atoms with Crippen molar-refractivity contribution in [2.75, 3.05) is 32.1 Å². The summed E-state index contributed by atoms with van der Waals surface area (Å²) in [6.07, 6.45) is 5.70. The molecule has 0 aliphatic carbocycles. The van der Waals surface area contributed by atoms with Crippen LogP contribution in [0.1, 0.15) is 26.2 Å². The van der Waals surface area contributed by atoms with E-state index in [0.29, 0.717) is 18.5 Å². The largest absolute Gasteiger partial charge is 0.476 e. The van der Waals surface area contributed by atoms with Gasteiger partial charge in [0.1, 0.15) is 0 Å². The Morgan fingerprint density at radius 1 is 1.50 bits per heavy atom. The van der Waals surface area contributed by atoms with Crippen LogP contribution in [-0.4, -0.2) is 42.7 Å². The van der Waals surface area contributed by atoms with E-state index in [-0.39, 0.29) is 0 Å². The molecule has 4 heteroatoms. The number of anilines is 1. The van der Waals surface area contributed by atoms with Crippen molar-refractivity contribution in [3.63, 3.8) is 0 Å². The van der Waals surface area contributed by atoms with Crippen LogP contribution in [0.5, 0.6) is 5.88 Å². The normalized spacial score (nSPS) is 20.7. The molecule has 1 unspecified atom stereocenters. The predicted octanol–water partition coefficient (Wildman–Crippen LogP) is 2.38. The summed E-state index contributed by atoms with van der Waals surface area (Å²) >= 11 is 0. The van der Waals surface area contributed by atoms with E-state index in [1.807, 2.05) is 19.1 Å². The summed E-state index contributed by atoms with van der Waals surface area (Å²) < 4.78 is 5.52. The van der Waals surface area contributed by atoms with Gasteiger partial charge in [-0.2, -0.15) is 0 Å². The number of nitrogens with one attached hydrogen (secondary N) is 1. The van der Waals surface area contributed by atoms with Gasteiger partial charge in [-0.15, -0.1) is 0 Å². The molecule has 0 spiro atoms. The predicted molar refractivity (Wildman–Crippen MR) is 74.2 cm³/mol. The van der Waals surface area contributed by atoms with Crippen LogP contribution in [-0.2, 0) is 0 Å². The van der Waals surface area contributed by atoms with Gasteiger partial charge < -0.3 is 15.0 Å². The van der Waals surface area contributed by atoms with Gasteiger partial charge in [0.05, 0.1) is 12.3 Å². The van der Waals surface area contributed by atoms with E-state index < -0.39 is 0 Å². The summed E-state index contributed by atoms with van der Waals surface area (Å²) in [4.78, 5) is 6.69. The average molecular weight is 249 g/mol. The minimum Gasteiger partial charge on any atom is -0.476 e. The Morgan fingerprint density at radius 2 is 2.39 bits per heavy atom. The third-order valence-corrected chi connectivity index (χ3v) is 3.50. The fourth-order valence-corrected chi connectivity index (χ4v) is 2.41. The number of likely N-dealkylation sites (N-methyl/N-ethyl adjacent to an activating group) is 1. The Balaban J connectivity index is 1.92. The molecule has 1 aliphatic heterocycles. The van der Waals surface area contributed by atoms with E-state index in [4.69, 9.17) is 4.74 Å². The third kappa shape index (κ3) is 3.35. The van der Waals surface area contributed by atoms with Crippen molar-refractivity contribution in [1.29, 1.82) is 0 Å². The van der Waals surface area contributed by atoms with E-state index in [1.165, 1.54) is 25.8 Å². The van der Waals surface area contributed by atoms with Crippen LogP contribution in [0, 0.1) is 0 Å². The lowest BCUT2D eigenvalue weighted by molar-refractivity contribution is 0.194.